The molecule has 0 radical (unpaired) electrons. The van der Waals surface area contributed by atoms with Crippen molar-refractivity contribution >= 4 is 29.9 Å². The molecule has 0 bridgehead atoms. The molecule has 2 aromatic carbocycles. The summed E-state index contributed by atoms with van der Waals surface area (Å²) in [6.07, 6.45) is 2.15. The minimum Gasteiger partial charge on any atom is -0.379 e. The van der Waals surface area contributed by atoms with Gasteiger partial charge >= 0.3 is 0 Å². The van der Waals surface area contributed by atoms with Crippen LogP contribution in [0.25, 0.3) is 0 Å². The summed E-state index contributed by atoms with van der Waals surface area (Å²) < 4.78 is 19.1. The number of guanidine groups is 1. The molecule has 0 aromatic heterocycles. The van der Waals surface area contributed by atoms with Gasteiger partial charge in [0.1, 0.15) is 5.82 Å². The summed E-state index contributed by atoms with van der Waals surface area (Å²) >= 11 is 0. The van der Waals surface area contributed by atoms with Crippen LogP contribution in [0, 0.1) is 5.82 Å². The van der Waals surface area contributed by atoms with Crippen LogP contribution in [0.15, 0.2) is 53.5 Å². The molecule has 5 nitrogen and oxygen atoms in total. The van der Waals surface area contributed by atoms with Gasteiger partial charge in [-0.05, 0) is 48.6 Å². The molecule has 1 aliphatic heterocycles. The number of nitrogens with one attached hydrogen (secondary N) is 2. The summed E-state index contributed by atoms with van der Waals surface area (Å²) in [5.74, 6) is 0.644. The Morgan fingerprint density at radius 1 is 1.06 bits per heavy atom. The molecule has 7 heteroatoms. The fourth-order valence-electron chi connectivity index (χ4n) is 4.15. The number of halogens is 2. The molecule has 0 amide bonds. The number of benzene rings is 2. The van der Waals surface area contributed by atoms with E-state index in [1.807, 2.05) is 6.07 Å². The van der Waals surface area contributed by atoms with Crippen molar-refractivity contribution in [3.8, 4) is 0 Å². The first-order valence-electron chi connectivity index (χ1n) is 11.3. The van der Waals surface area contributed by atoms with E-state index in [-0.39, 0.29) is 35.2 Å². The summed E-state index contributed by atoms with van der Waals surface area (Å²) in [5, 5.41) is 6.83. The van der Waals surface area contributed by atoms with E-state index in [0.29, 0.717) is 6.54 Å². The molecule has 1 aliphatic carbocycles. The lowest BCUT2D eigenvalue weighted by Crippen LogP contribution is -2.41. The van der Waals surface area contributed by atoms with E-state index < -0.39 is 0 Å². The highest BCUT2D eigenvalue weighted by atomic mass is 127. The zero-order chi connectivity index (χ0) is 21.5. The van der Waals surface area contributed by atoms with E-state index in [4.69, 9.17) is 9.73 Å². The van der Waals surface area contributed by atoms with Gasteiger partial charge < -0.3 is 15.4 Å². The number of hydrogen-bond acceptors (Lipinski definition) is 3. The van der Waals surface area contributed by atoms with E-state index in [1.165, 1.54) is 17.2 Å². The van der Waals surface area contributed by atoms with Gasteiger partial charge in [0.25, 0.3) is 0 Å². The van der Waals surface area contributed by atoms with Crippen molar-refractivity contribution in [1.82, 2.24) is 15.5 Å². The minimum absolute atomic E-state index is 0. The molecule has 0 unspecified atom stereocenters. The maximum absolute atomic E-state index is 13.7. The molecule has 1 heterocycles. The summed E-state index contributed by atoms with van der Waals surface area (Å²) in [7, 11) is 0. The van der Waals surface area contributed by atoms with E-state index in [0.717, 1.165) is 70.3 Å². The average Bonchev–Trinajstić information content (AvgIpc) is 3.58. The fourth-order valence-corrected chi connectivity index (χ4v) is 4.15. The van der Waals surface area contributed by atoms with Gasteiger partial charge in [-0.15, -0.1) is 24.0 Å². The molecule has 32 heavy (non-hydrogen) atoms. The topological polar surface area (TPSA) is 48.9 Å². The second-order valence-corrected chi connectivity index (χ2v) is 8.55. The quantitative estimate of drug-likeness (QED) is 0.295. The molecule has 2 fully saturated rings. The lowest BCUT2D eigenvalue weighted by molar-refractivity contribution is 0.0342. The summed E-state index contributed by atoms with van der Waals surface area (Å²) in [5.41, 5.74) is 3.62. The molecule has 174 valence electrons. The second kappa shape index (κ2) is 12.0. The van der Waals surface area contributed by atoms with Crippen molar-refractivity contribution in [3.05, 3.63) is 71.0 Å². The number of aliphatic imine (C=N–C) groups is 1. The summed E-state index contributed by atoms with van der Waals surface area (Å²) in [6.45, 7) is 8.83. The van der Waals surface area contributed by atoms with Crippen LogP contribution in [0.2, 0.25) is 0 Å². The van der Waals surface area contributed by atoms with Crippen LogP contribution in [0.4, 0.5) is 4.39 Å². The van der Waals surface area contributed by atoms with E-state index in [1.54, 1.807) is 12.1 Å². The SMILES string of the molecule is CCNC(=NCc1cccc(CN2CCOCC2)c1)NCC1(c2cccc(F)c2)CC1.I. The Labute approximate surface area is 207 Å². The van der Waals surface area contributed by atoms with Gasteiger partial charge in [0, 0.05) is 38.1 Å². The van der Waals surface area contributed by atoms with Crippen LogP contribution in [0.5, 0.6) is 0 Å². The highest BCUT2D eigenvalue weighted by Crippen LogP contribution is 2.47. The first-order valence-corrected chi connectivity index (χ1v) is 11.3. The van der Waals surface area contributed by atoms with Gasteiger partial charge in [-0.25, -0.2) is 9.38 Å². The van der Waals surface area contributed by atoms with Crippen molar-refractivity contribution < 1.29 is 9.13 Å². The zero-order valence-corrected chi connectivity index (χ0v) is 21.1. The van der Waals surface area contributed by atoms with Gasteiger partial charge in [-0.1, -0.05) is 36.4 Å². The largest absolute Gasteiger partial charge is 0.379 e. The predicted octanol–water partition coefficient (Wildman–Crippen LogP) is 4.06. The van der Waals surface area contributed by atoms with Crippen molar-refractivity contribution in [1.29, 1.82) is 0 Å². The Morgan fingerprint density at radius 2 is 1.81 bits per heavy atom. The van der Waals surface area contributed by atoms with Gasteiger partial charge in [0.2, 0.25) is 0 Å². The zero-order valence-electron chi connectivity index (χ0n) is 18.8. The molecular formula is C25H34FIN4O. The van der Waals surface area contributed by atoms with E-state index in [2.05, 4.69) is 46.7 Å². The Bertz CT molecular complexity index is 897. The fraction of sp³-hybridized carbons (Fsp3) is 0.480. The third-order valence-electron chi connectivity index (χ3n) is 6.15. The lowest BCUT2D eigenvalue weighted by atomic mass is 9.96. The summed E-state index contributed by atoms with van der Waals surface area (Å²) in [4.78, 5) is 7.23. The molecule has 0 spiro atoms. The Hall–Kier alpha value is -1.71. The van der Waals surface area contributed by atoms with Crippen LogP contribution in [-0.2, 0) is 23.2 Å². The molecule has 0 atom stereocenters. The number of ether oxygens (including phenoxy) is 1. The third kappa shape index (κ3) is 6.89. The van der Waals surface area contributed by atoms with Crippen molar-refractivity contribution in [3.63, 3.8) is 0 Å². The molecule has 4 rings (SSSR count). The maximum Gasteiger partial charge on any atom is 0.191 e. The first kappa shape index (κ1) is 24.9. The van der Waals surface area contributed by atoms with E-state index in [9.17, 15) is 4.39 Å². The monoisotopic (exact) mass is 552 g/mol. The third-order valence-corrected chi connectivity index (χ3v) is 6.15. The Kier molecular flexibility index (Phi) is 9.31. The smallest absolute Gasteiger partial charge is 0.191 e. The van der Waals surface area contributed by atoms with Crippen LogP contribution < -0.4 is 10.6 Å². The average molecular weight is 552 g/mol. The normalized spacial score (nSPS) is 18.0. The number of morpholine rings is 1. The first-order chi connectivity index (χ1) is 15.2. The highest BCUT2D eigenvalue weighted by molar-refractivity contribution is 14.0. The van der Waals surface area contributed by atoms with Gasteiger partial charge in [-0.2, -0.15) is 0 Å². The van der Waals surface area contributed by atoms with Crippen molar-refractivity contribution in [2.24, 2.45) is 4.99 Å². The van der Waals surface area contributed by atoms with Gasteiger partial charge in [-0.3, -0.25) is 4.90 Å². The molecule has 2 N–H and O–H groups in total. The van der Waals surface area contributed by atoms with Crippen LogP contribution in [0.1, 0.15) is 36.5 Å². The van der Waals surface area contributed by atoms with Crippen molar-refractivity contribution in [2.75, 3.05) is 39.4 Å². The highest BCUT2D eigenvalue weighted by Gasteiger charge is 2.44. The minimum atomic E-state index is -0.165. The lowest BCUT2D eigenvalue weighted by Gasteiger charge is -2.26. The summed E-state index contributed by atoms with van der Waals surface area (Å²) in [6, 6.07) is 15.7. The number of nitrogens with zero attached hydrogens (tertiary/aromatic N) is 2. The molecule has 1 saturated heterocycles. The predicted molar refractivity (Wildman–Crippen MR) is 138 cm³/mol. The molecular weight excluding hydrogens is 518 g/mol. The molecule has 2 aliphatic rings. The van der Waals surface area contributed by atoms with Gasteiger partial charge in [0.05, 0.1) is 19.8 Å². The van der Waals surface area contributed by atoms with Crippen LogP contribution in [-0.4, -0.2) is 50.3 Å². The van der Waals surface area contributed by atoms with E-state index >= 15 is 0 Å². The van der Waals surface area contributed by atoms with Crippen molar-refractivity contribution in [2.45, 2.75) is 38.3 Å². The molecule has 1 saturated carbocycles. The van der Waals surface area contributed by atoms with Crippen LogP contribution >= 0.6 is 24.0 Å². The second-order valence-electron chi connectivity index (χ2n) is 8.55. The number of rotatable bonds is 8. The Balaban J connectivity index is 0.00000289. The van der Waals surface area contributed by atoms with Gasteiger partial charge in [0.15, 0.2) is 5.96 Å². The maximum atomic E-state index is 13.7. The molecule has 2 aromatic rings. The van der Waals surface area contributed by atoms with Crippen LogP contribution in [0.3, 0.4) is 0 Å². The Morgan fingerprint density at radius 3 is 2.53 bits per heavy atom. The standard InChI is InChI=1S/C25H33FN4O.HI/c1-2-27-24(29-19-25(9-10-25)22-7-4-8-23(26)16-22)28-17-20-5-3-6-21(15-20)18-30-11-13-31-14-12-30;/h3-8,15-16H,2,9-14,17-19H2,1H3,(H2,27,28,29);1H. The number of hydrogen-bond donors (Lipinski definition) is 2.